The first kappa shape index (κ1) is 28.2. The number of hydrogen-bond acceptors (Lipinski definition) is 0. The molecule has 6 aromatic rings. The van der Waals surface area contributed by atoms with Gasteiger partial charge in [-0.25, -0.2) is 0 Å². The maximum atomic E-state index is 4.15. The molecule has 0 N–H and O–H groups in total. The van der Waals surface area contributed by atoms with Crippen molar-refractivity contribution in [1.82, 2.24) is 0 Å². The van der Waals surface area contributed by atoms with Gasteiger partial charge in [-0.2, -0.15) is 0 Å². The normalized spacial score (nSPS) is 12.3. The van der Waals surface area contributed by atoms with E-state index in [2.05, 4.69) is 147 Å². The van der Waals surface area contributed by atoms with Gasteiger partial charge in [-0.05, 0) is 96.9 Å². The molecule has 0 unspecified atom stereocenters. The Balaban J connectivity index is 0.00000161. The summed E-state index contributed by atoms with van der Waals surface area (Å²) in [5, 5.41) is 5.11. The van der Waals surface area contributed by atoms with Gasteiger partial charge < -0.3 is 0 Å². The molecule has 0 radical (unpaired) electrons. The van der Waals surface area contributed by atoms with Gasteiger partial charge in [0.2, 0.25) is 0 Å². The van der Waals surface area contributed by atoms with Crippen LogP contribution in [0.2, 0.25) is 0 Å². The highest BCUT2D eigenvalue weighted by atomic mass is 14.2. The van der Waals surface area contributed by atoms with E-state index in [-0.39, 0.29) is 0 Å². The quantitative estimate of drug-likeness (QED) is 0.186. The highest BCUT2D eigenvalue weighted by molar-refractivity contribution is 6.23. The van der Waals surface area contributed by atoms with Gasteiger partial charge in [-0.1, -0.05) is 160 Å². The van der Waals surface area contributed by atoms with E-state index in [1.807, 2.05) is 19.9 Å². The molecule has 0 aromatic heterocycles. The number of aryl methyl sites for hydroxylation is 1. The van der Waals surface area contributed by atoms with E-state index >= 15 is 0 Å². The van der Waals surface area contributed by atoms with Crippen molar-refractivity contribution < 1.29 is 0 Å². The van der Waals surface area contributed by atoms with Gasteiger partial charge in [-0.15, -0.1) is 0 Å². The molecular formula is C43H38. The Morgan fingerprint density at radius 2 is 1.21 bits per heavy atom. The molecule has 0 saturated carbocycles. The van der Waals surface area contributed by atoms with E-state index in [1.165, 1.54) is 71.6 Å². The predicted molar refractivity (Wildman–Crippen MR) is 191 cm³/mol. The first-order valence-electron chi connectivity index (χ1n) is 15.5. The van der Waals surface area contributed by atoms with Gasteiger partial charge in [0.25, 0.3) is 0 Å². The minimum Gasteiger partial charge on any atom is -0.0984 e. The summed E-state index contributed by atoms with van der Waals surface area (Å²) < 4.78 is 0. The van der Waals surface area contributed by atoms with Crippen LogP contribution in [0.15, 0.2) is 128 Å². The molecule has 210 valence electrons. The Morgan fingerprint density at radius 3 is 1.81 bits per heavy atom. The number of fused-ring (bicyclic) bond motifs is 3. The van der Waals surface area contributed by atoms with Crippen LogP contribution in [-0.2, 0) is 6.42 Å². The number of benzene rings is 6. The molecule has 0 amide bonds. The number of rotatable bonds is 5. The molecular weight excluding hydrogens is 516 g/mol. The molecule has 43 heavy (non-hydrogen) atoms. The average Bonchev–Trinajstić information content (AvgIpc) is 3.08. The van der Waals surface area contributed by atoms with Gasteiger partial charge in [-0.3, -0.25) is 0 Å². The monoisotopic (exact) mass is 554 g/mol. The van der Waals surface area contributed by atoms with Crippen molar-refractivity contribution in [2.24, 2.45) is 0 Å². The summed E-state index contributed by atoms with van der Waals surface area (Å²) in [6.45, 7) is 10.2. The van der Waals surface area contributed by atoms with Crippen molar-refractivity contribution in [3.8, 4) is 33.4 Å². The molecule has 0 heteroatoms. The molecule has 0 saturated heterocycles. The first-order chi connectivity index (χ1) is 21.3. The molecule has 0 fully saturated rings. The second-order valence-corrected chi connectivity index (χ2v) is 10.7. The lowest BCUT2D eigenvalue weighted by atomic mass is 9.80. The minimum absolute atomic E-state index is 1.09. The van der Waals surface area contributed by atoms with Crippen LogP contribution in [-0.4, -0.2) is 0 Å². The van der Waals surface area contributed by atoms with Crippen LogP contribution in [0.1, 0.15) is 49.4 Å². The van der Waals surface area contributed by atoms with E-state index in [0.717, 1.165) is 18.4 Å². The van der Waals surface area contributed by atoms with Gasteiger partial charge >= 0.3 is 0 Å². The Labute approximate surface area is 256 Å². The second kappa shape index (κ2) is 12.5. The average molecular weight is 555 g/mol. The third kappa shape index (κ3) is 4.94. The Hall–Kier alpha value is -4.94. The summed E-state index contributed by atoms with van der Waals surface area (Å²) in [5.41, 5.74) is 12.7. The fourth-order valence-electron chi connectivity index (χ4n) is 6.68. The summed E-state index contributed by atoms with van der Waals surface area (Å²) in [6, 6.07) is 40.1. The number of hydrogen-bond donors (Lipinski definition) is 0. The third-order valence-electron chi connectivity index (χ3n) is 8.43. The summed E-state index contributed by atoms with van der Waals surface area (Å²) in [6.07, 6.45) is 13.2. The minimum atomic E-state index is 1.09. The van der Waals surface area contributed by atoms with Gasteiger partial charge in [0.1, 0.15) is 0 Å². The van der Waals surface area contributed by atoms with Crippen molar-refractivity contribution in [3.05, 3.63) is 150 Å². The van der Waals surface area contributed by atoms with Gasteiger partial charge in [0, 0.05) is 0 Å². The Bertz CT molecular complexity index is 1940. The molecule has 0 spiro atoms. The maximum absolute atomic E-state index is 4.15. The van der Waals surface area contributed by atoms with Gasteiger partial charge in [0.15, 0.2) is 0 Å². The Kier molecular flexibility index (Phi) is 8.20. The van der Waals surface area contributed by atoms with Gasteiger partial charge in [0.05, 0.1) is 0 Å². The van der Waals surface area contributed by atoms with Crippen LogP contribution in [0.25, 0.3) is 73.2 Å². The van der Waals surface area contributed by atoms with Crippen LogP contribution < -0.4 is 0 Å². The second-order valence-electron chi connectivity index (χ2n) is 10.7. The molecule has 1 aliphatic carbocycles. The summed E-state index contributed by atoms with van der Waals surface area (Å²) >= 11 is 0. The lowest BCUT2D eigenvalue weighted by Crippen LogP contribution is -1.99. The molecule has 0 aliphatic heterocycles. The van der Waals surface area contributed by atoms with E-state index in [9.17, 15) is 0 Å². The van der Waals surface area contributed by atoms with Crippen molar-refractivity contribution in [3.63, 3.8) is 0 Å². The topological polar surface area (TPSA) is 0 Å². The number of allylic oxidation sites excluding steroid dienone is 2. The van der Waals surface area contributed by atoms with E-state index in [1.54, 1.807) is 0 Å². The fourth-order valence-corrected chi connectivity index (χ4v) is 6.68. The fraction of sp³-hybridized carbons (Fsp3) is 0.116. The van der Waals surface area contributed by atoms with Crippen LogP contribution in [0, 0.1) is 0 Å². The molecule has 0 atom stereocenters. The zero-order valence-electron chi connectivity index (χ0n) is 25.4. The molecule has 7 rings (SSSR count). The van der Waals surface area contributed by atoms with Crippen LogP contribution in [0.5, 0.6) is 0 Å². The molecule has 0 heterocycles. The smallest absolute Gasteiger partial charge is 0.00199 e. The van der Waals surface area contributed by atoms with E-state index in [0.29, 0.717) is 0 Å². The van der Waals surface area contributed by atoms with Crippen molar-refractivity contribution in [2.75, 3.05) is 0 Å². The standard InChI is InChI=1S/C41H32.C2H6/c1-3-15-32-28(4-2)26-27-38(39(32)30-17-6-5-7-18-30)41-36-23-12-10-21-34(36)40(35-22-11-13-24-37(35)41)33-25-14-19-29-16-8-9-20-31(29)33;1-2/h3-7,9-15,17-27H,2,8,16H2,1H3;1-2H3/b15-3-;. The van der Waals surface area contributed by atoms with Crippen molar-refractivity contribution in [1.29, 1.82) is 0 Å². The predicted octanol–water partition coefficient (Wildman–Crippen LogP) is 12.7. The summed E-state index contributed by atoms with van der Waals surface area (Å²) in [7, 11) is 0. The summed E-state index contributed by atoms with van der Waals surface area (Å²) in [4.78, 5) is 0. The molecule has 0 nitrogen and oxygen atoms in total. The molecule has 6 aromatic carbocycles. The van der Waals surface area contributed by atoms with Crippen molar-refractivity contribution >= 4 is 39.8 Å². The largest absolute Gasteiger partial charge is 0.0984 e. The van der Waals surface area contributed by atoms with E-state index < -0.39 is 0 Å². The summed E-state index contributed by atoms with van der Waals surface area (Å²) in [5.74, 6) is 0. The molecule has 0 bridgehead atoms. The lowest BCUT2D eigenvalue weighted by molar-refractivity contribution is 0.987. The maximum Gasteiger partial charge on any atom is -0.00199 e. The Morgan fingerprint density at radius 1 is 0.605 bits per heavy atom. The van der Waals surface area contributed by atoms with Crippen LogP contribution >= 0.6 is 0 Å². The zero-order valence-corrected chi connectivity index (χ0v) is 25.4. The zero-order chi connectivity index (χ0) is 29.8. The highest BCUT2D eigenvalue weighted by Gasteiger charge is 2.22. The highest BCUT2D eigenvalue weighted by Crippen LogP contribution is 2.48. The SMILES string of the molecule is C=Cc1ccc(-c2c3ccccc3c(-c3cccc4c3C=CCC4)c3ccccc23)c(-c2ccccc2)c1/C=C\C.CC. The van der Waals surface area contributed by atoms with Crippen LogP contribution in [0.3, 0.4) is 0 Å². The first-order valence-corrected chi connectivity index (χ1v) is 15.5. The lowest BCUT2D eigenvalue weighted by Gasteiger charge is -2.23. The van der Waals surface area contributed by atoms with Crippen LogP contribution in [0.4, 0.5) is 0 Å². The van der Waals surface area contributed by atoms with E-state index in [4.69, 9.17) is 0 Å². The molecule has 1 aliphatic rings. The third-order valence-corrected chi connectivity index (χ3v) is 8.43. The van der Waals surface area contributed by atoms with Crippen molar-refractivity contribution in [2.45, 2.75) is 33.6 Å².